The zero-order chi connectivity index (χ0) is 18.0. The lowest BCUT2D eigenvalue weighted by atomic mass is 9.97. The minimum absolute atomic E-state index is 0.167. The van der Waals surface area contributed by atoms with Gasteiger partial charge in [-0.2, -0.15) is 5.10 Å². The Kier molecular flexibility index (Phi) is 4.74. The minimum Gasteiger partial charge on any atom is -0.497 e. The summed E-state index contributed by atoms with van der Waals surface area (Å²) in [7, 11) is 4.80. The summed E-state index contributed by atoms with van der Waals surface area (Å²) in [6.07, 6.45) is 0.834. The van der Waals surface area contributed by atoms with Crippen molar-refractivity contribution < 1.29 is 14.3 Å². The first-order valence-corrected chi connectivity index (χ1v) is 8.09. The van der Waals surface area contributed by atoms with E-state index in [0.29, 0.717) is 13.1 Å². The largest absolute Gasteiger partial charge is 0.497 e. The fourth-order valence-electron chi connectivity index (χ4n) is 3.14. The van der Waals surface area contributed by atoms with Crippen molar-refractivity contribution in [2.45, 2.75) is 12.3 Å². The Morgan fingerprint density at radius 3 is 2.68 bits per heavy atom. The molecule has 1 aliphatic heterocycles. The third kappa shape index (κ3) is 3.35. The van der Waals surface area contributed by atoms with E-state index < -0.39 is 0 Å². The summed E-state index contributed by atoms with van der Waals surface area (Å²) in [5.74, 6) is 1.56. The van der Waals surface area contributed by atoms with E-state index >= 15 is 0 Å². The summed E-state index contributed by atoms with van der Waals surface area (Å²) in [6.45, 7) is 1.21. The number of nitrogens with zero attached hydrogens (tertiary/aromatic N) is 3. The normalized spacial score (nSPS) is 16.8. The number of aromatic nitrogens is 2. The number of hydrogen-bond acceptors (Lipinski definition) is 5. The average molecular weight is 343 g/mol. The zero-order valence-electron chi connectivity index (χ0n) is 14.6. The monoisotopic (exact) mass is 343 g/mol. The summed E-state index contributed by atoms with van der Waals surface area (Å²) in [4.78, 5) is 25.9. The van der Waals surface area contributed by atoms with Crippen LogP contribution in [0.4, 0.5) is 0 Å². The quantitative estimate of drug-likeness (QED) is 0.840. The highest BCUT2D eigenvalue weighted by molar-refractivity contribution is 5.92. The maximum Gasteiger partial charge on any atom is 0.274 e. The van der Waals surface area contributed by atoms with E-state index in [0.717, 1.165) is 23.5 Å². The van der Waals surface area contributed by atoms with E-state index in [-0.39, 0.29) is 23.1 Å². The van der Waals surface area contributed by atoms with Gasteiger partial charge in [0.05, 0.1) is 14.2 Å². The number of benzene rings is 1. The first-order chi connectivity index (χ1) is 12.0. The Morgan fingerprint density at radius 2 is 2.00 bits per heavy atom. The molecular weight excluding hydrogens is 322 g/mol. The summed E-state index contributed by atoms with van der Waals surface area (Å²) in [5, 5.41) is 4.04. The van der Waals surface area contributed by atoms with Crippen LogP contribution in [0.2, 0.25) is 0 Å². The maximum atomic E-state index is 12.7. The number of carbonyl (C=O) groups is 1. The SMILES string of the molecule is COc1ccc(OC)c(C2CCN(C(=O)c3ccc(=O)n(C)n3)C2)c1. The Labute approximate surface area is 145 Å². The predicted octanol–water partition coefficient (Wildman–Crippen LogP) is 1.43. The Morgan fingerprint density at radius 1 is 1.20 bits per heavy atom. The van der Waals surface area contributed by atoms with Gasteiger partial charge in [0.1, 0.15) is 17.2 Å². The zero-order valence-corrected chi connectivity index (χ0v) is 14.6. The van der Waals surface area contributed by atoms with Gasteiger partial charge in [-0.25, -0.2) is 4.68 Å². The third-order valence-electron chi connectivity index (χ3n) is 4.53. The molecule has 0 saturated carbocycles. The second-order valence-corrected chi connectivity index (χ2v) is 6.03. The van der Waals surface area contributed by atoms with Crippen LogP contribution in [0.3, 0.4) is 0 Å². The van der Waals surface area contributed by atoms with Crippen LogP contribution in [0, 0.1) is 0 Å². The van der Waals surface area contributed by atoms with Crippen molar-refractivity contribution in [3.63, 3.8) is 0 Å². The number of aryl methyl sites for hydroxylation is 1. The lowest BCUT2D eigenvalue weighted by Gasteiger charge is -2.18. The number of methoxy groups -OCH3 is 2. The molecule has 132 valence electrons. The topological polar surface area (TPSA) is 73.7 Å². The molecule has 0 spiro atoms. The van der Waals surface area contributed by atoms with Crippen molar-refractivity contribution in [2.24, 2.45) is 7.05 Å². The summed E-state index contributed by atoms with van der Waals surface area (Å²) < 4.78 is 11.9. The van der Waals surface area contributed by atoms with Gasteiger partial charge in [0, 0.05) is 37.7 Å². The standard InChI is InChI=1S/C18H21N3O4/c1-20-17(22)7-5-15(19-20)18(23)21-9-8-12(11-21)14-10-13(24-2)4-6-16(14)25-3/h4-7,10,12H,8-9,11H2,1-3H3. The van der Waals surface area contributed by atoms with Gasteiger partial charge in [0.25, 0.3) is 11.5 Å². The van der Waals surface area contributed by atoms with E-state index in [2.05, 4.69) is 5.10 Å². The van der Waals surface area contributed by atoms with E-state index in [1.165, 1.54) is 23.9 Å². The third-order valence-corrected chi connectivity index (χ3v) is 4.53. The number of rotatable bonds is 4. The van der Waals surface area contributed by atoms with Crippen LogP contribution in [0.15, 0.2) is 35.1 Å². The number of hydrogen-bond donors (Lipinski definition) is 0. The second kappa shape index (κ2) is 6.96. The van der Waals surface area contributed by atoms with Crippen LogP contribution < -0.4 is 15.0 Å². The van der Waals surface area contributed by atoms with Crippen LogP contribution in [0.25, 0.3) is 0 Å². The molecule has 1 aliphatic rings. The van der Waals surface area contributed by atoms with E-state index in [9.17, 15) is 9.59 Å². The van der Waals surface area contributed by atoms with Crippen molar-refractivity contribution in [3.05, 3.63) is 51.9 Å². The van der Waals surface area contributed by atoms with E-state index in [1.807, 2.05) is 18.2 Å². The van der Waals surface area contributed by atoms with Crippen LogP contribution in [-0.2, 0) is 7.05 Å². The molecule has 1 atom stereocenters. The van der Waals surface area contributed by atoms with Gasteiger partial charge in [-0.05, 0) is 30.7 Å². The molecule has 1 amide bonds. The summed E-state index contributed by atoms with van der Waals surface area (Å²) in [5.41, 5.74) is 1.07. The first kappa shape index (κ1) is 17.0. The highest BCUT2D eigenvalue weighted by Gasteiger charge is 2.30. The van der Waals surface area contributed by atoms with Crippen molar-refractivity contribution in [1.82, 2.24) is 14.7 Å². The highest BCUT2D eigenvalue weighted by atomic mass is 16.5. The second-order valence-electron chi connectivity index (χ2n) is 6.03. The average Bonchev–Trinajstić information content (AvgIpc) is 3.12. The molecule has 1 aromatic carbocycles. The van der Waals surface area contributed by atoms with Crippen LogP contribution in [0.1, 0.15) is 28.4 Å². The van der Waals surface area contributed by atoms with Gasteiger partial charge in [0.15, 0.2) is 0 Å². The highest BCUT2D eigenvalue weighted by Crippen LogP contribution is 2.36. The number of amides is 1. The molecule has 0 aliphatic carbocycles. The van der Waals surface area contributed by atoms with Gasteiger partial charge >= 0.3 is 0 Å². The van der Waals surface area contributed by atoms with Crippen LogP contribution in [0.5, 0.6) is 11.5 Å². The van der Waals surface area contributed by atoms with Crippen molar-refractivity contribution >= 4 is 5.91 Å². The molecule has 0 N–H and O–H groups in total. The molecule has 1 saturated heterocycles. The molecule has 2 aromatic rings. The molecular formula is C18H21N3O4. The van der Waals surface area contributed by atoms with E-state index in [4.69, 9.17) is 9.47 Å². The molecule has 1 unspecified atom stereocenters. The van der Waals surface area contributed by atoms with Crippen molar-refractivity contribution in [3.8, 4) is 11.5 Å². The first-order valence-electron chi connectivity index (χ1n) is 8.09. The molecule has 1 fully saturated rings. The van der Waals surface area contributed by atoms with Crippen LogP contribution in [-0.4, -0.2) is 47.9 Å². The van der Waals surface area contributed by atoms with Gasteiger partial charge in [0.2, 0.25) is 0 Å². The number of carbonyl (C=O) groups excluding carboxylic acids is 1. The fraction of sp³-hybridized carbons (Fsp3) is 0.389. The van der Waals surface area contributed by atoms with Crippen molar-refractivity contribution in [2.75, 3.05) is 27.3 Å². The lowest BCUT2D eigenvalue weighted by molar-refractivity contribution is 0.0782. The van der Waals surface area contributed by atoms with Gasteiger partial charge < -0.3 is 14.4 Å². The fourth-order valence-corrected chi connectivity index (χ4v) is 3.14. The Hall–Kier alpha value is -2.83. The molecule has 3 rings (SSSR count). The molecule has 2 heterocycles. The van der Waals surface area contributed by atoms with Crippen LogP contribution >= 0.6 is 0 Å². The van der Waals surface area contributed by atoms with E-state index in [1.54, 1.807) is 19.1 Å². The molecule has 0 bridgehead atoms. The van der Waals surface area contributed by atoms with Gasteiger partial charge in [-0.15, -0.1) is 0 Å². The van der Waals surface area contributed by atoms with Gasteiger partial charge in [-0.3, -0.25) is 9.59 Å². The summed E-state index contributed by atoms with van der Waals surface area (Å²) in [6, 6.07) is 8.53. The number of likely N-dealkylation sites (tertiary alicyclic amines) is 1. The Bertz CT molecular complexity index is 846. The predicted molar refractivity (Wildman–Crippen MR) is 92.3 cm³/mol. The smallest absolute Gasteiger partial charge is 0.274 e. The maximum absolute atomic E-state index is 12.7. The number of ether oxygens (including phenoxy) is 2. The molecule has 1 aromatic heterocycles. The summed E-state index contributed by atoms with van der Waals surface area (Å²) >= 11 is 0. The lowest BCUT2D eigenvalue weighted by Crippen LogP contribution is -2.31. The Balaban J connectivity index is 1.80. The molecule has 7 heteroatoms. The molecule has 0 radical (unpaired) electrons. The minimum atomic E-state index is -0.239. The van der Waals surface area contributed by atoms with Crippen molar-refractivity contribution in [1.29, 1.82) is 0 Å². The molecule has 25 heavy (non-hydrogen) atoms. The molecule has 7 nitrogen and oxygen atoms in total. The van der Waals surface area contributed by atoms with Gasteiger partial charge in [-0.1, -0.05) is 0 Å².